The average Bonchev–Trinajstić information content (AvgIpc) is 3.46. The van der Waals surface area contributed by atoms with Gasteiger partial charge >= 0.3 is 5.97 Å². The number of aliphatic carboxylic acids is 1. The Labute approximate surface area is 200 Å². The summed E-state index contributed by atoms with van der Waals surface area (Å²) in [4.78, 5) is 11.5. The molecule has 1 saturated carbocycles. The lowest BCUT2D eigenvalue weighted by atomic mass is 9.75. The van der Waals surface area contributed by atoms with Gasteiger partial charge in [0.25, 0.3) is 0 Å². The normalized spacial score (nSPS) is 23.8. The maximum absolute atomic E-state index is 15.0. The number of aromatic amines is 1. The van der Waals surface area contributed by atoms with E-state index in [9.17, 15) is 18.7 Å². The number of halogens is 2. The summed E-state index contributed by atoms with van der Waals surface area (Å²) in [6.45, 7) is 1.33. The number of benzene rings is 2. The zero-order chi connectivity index (χ0) is 24.2. The fourth-order valence-electron chi connectivity index (χ4n) is 6.02. The molecule has 2 N–H and O–H groups in total. The Bertz CT molecular complexity index is 1390. The number of nitrogens with zero attached hydrogens (tertiary/aromatic N) is 2. The Hall–Kier alpha value is -3.26. The lowest BCUT2D eigenvalue weighted by Crippen LogP contribution is -2.37. The molecular weight excluding hydrogens is 452 g/mol. The van der Waals surface area contributed by atoms with Gasteiger partial charge in [-0.25, -0.2) is 13.6 Å². The fourth-order valence-corrected chi connectivity index (χ4v) is 6.02. The molecule has 0 bridgehead atoms. The molecule has 2 aromatic heterocycles. The topological polar surface area (TPSA) is 80.1 Å². The first-order valence-electron chi connectivity index (χ1n) is 12.2. The predicted molar refractivity (Wildman–Crippen MR) is 128 cm³/mol. The smallest absolute Gasteiger partial charge is 0.341 e. The largest absolute Gasteiger partial charge is 0.479 e. The van der Waals surface area contributed by atoms with Crippen LogP contribution < -0.4 is 0 Å². The van der Waals surface area contributed by atoms with Gasteiger partial charge in [-0.2, -0.15) is 5.10 Å². The van der Waals surface area contributed by atoms with E-state index >= 15 is 0 Å². The number of hydrogen-bond donors (Lipinski definition) is 2. The van der Waals surface area contributed by atoms with Gasteiger partial charge in [0.15, 0.2) is 0 Å². The monoisotopic (exact) mass is 479 g/mol. The summed E-state index contributed by atoms with van der Waals surface area (Å²) in [7, 11) is 0. The molecule has 1 saturated heterocycles. The van der Waals surface area contributed by atoms with Crippen molar-refractivity contribution in [2.75, 3.05) is 13.2 Å². The highest BCUT2D eigenvalue weighted by atomic mass is 19.1. The molecule has 0 radical (unpaired) electrons. The highest BCUT2D eigenvalue weighted by molar-refractivity contribution is 5.99. The quantitative estimate of drug-likeness (QED) is 0.377. The van der Waals surface area contributed by atoms with Crippen molar-refractivity contribution in [3.05, 3.63) is 59.7 Å². The molecule has 6 nitrogen and oxygen atoms in total. The van der Waals surface area contributed by atoms with Gasteiger partial charge in [-0.15, -0.1) is 0 Å². The number of nitrogens with one attached hydrogen (secondary N) is 1. The van der Waals surface area contributed by atoms with Gasteiger partial charge in [-0.05, 0) is 86.4 Å². The van der Waals surface area contributed by atoms with Gasteiger partial charge < -0.3 is 14.4 Å². The van der Waals surface area contributed by atoms with Gasteiger partial charge in [-0.3, -0.25) is 5.10 Å². The van der Waals surface area contributed by atoms with Gasteiger partial charge in [0, 0.05) is 41.3 Å². The van der Waals surface area contributed by atoms with Crippen LogP contribution in [0.4, 0.5) is 8.78 Å². The van der Waals surface area contributed by atoms with Gasteiger partial charge in [0.2, 0.25) is 5.67 Å². The molecule has 2 fully saturated rings. The standard InChI is InChI=1S/C27H27F2N3O3/c28-19-1-3-20(4-2-19)32-23-13-18-15-30-31-22(18)14-21(23)24(25(32)17-7-11-35-12-8-17)16-5-9-27(29,10-6-16)26(33)34/h1-4,13-17H,5-12H2,(H,30,31)(H,33,34). The number of carbonyl (C=O) groups is 1. The van der Waals surface area contributed by atoms with Crippen molar-refractivity contribution in [2.24, 2.45) is 0 Å². The summed E-state index contributed by atoms with van der Waals surface area (Å²) in [6.07, 6.45) is 4.42. The first-order chi connectivity index (χ1) is 16.9. The lowest BCUT2D eigenvalue weighted by molar-refractivity contribution is -0.153. The van der Waals surface area contributed by atoms with Crippen LogP contribution in [0.3, 0.4) is 0 Å². The lowest BCUT2D eigenvalue weighted by Gasteiger charge is -2.33. The number of H-pyrrole nitrogens is 1. The van der Waals surface area contributed by atoms with Crippen molar-refractivity contribution in [1.82, 2.24) is 14.8 Å². The summed E-state index contributed by atoms with van der Waals surface area (Å²) in [5.74, 6) is -1.41. The summed E-state index contributed by atoms with van der Waals surface area (Å²) >= 11 is 0. The summed E-state index contributed by atoms with van der Waals surface area (Å²) in [6, 6.07) is 10.7. The van der Waals surface area contributed by atoms with Crippen LogP contribution in [0, 0.1) is 5.82 Å². The van der Waals surface area contributed by atoms with Crippen molar-refractivity contribution in [2.45, 2.75) is 56.0 Å². The van der Waals surface area contributed by atoms with E-state index in [1.807, 2.05) is 0 Å². The van der Waals surface area contributed by atoms with Crippen molar-refractivity contribution in [3.63, 3.8) is 0 Å². The zero-order valence-electron chi connectivity index (χ0n) is 19.3. The van der Waals surface area contributed by atoms with Crippen LogP contribution in [0.1, 0.15) is 61.6 Å². The molecule has 8 heteroatoms. The van der Waals surface area contributed by atoms with Crippen LogP contribution in [0.25, 0.3) is 27.5 Å². The highest BCUT2D eigenvalue weighted by Crippen LogP contribution is 2.48. The average molecular weight is 480 g/mol. The van der Waals surface area contributed by atoms with E-state index in [0.29, 0.717) is 26.1 Å². The molecule has 2 aliphatic rings. The number of rotatable bonds is 4. The summed E-state index contributed by atoms with van der Waals surface area (Å²) < 4.78 is 36.7. The highest BCUT2D eigenvalue weighted by Gasteiger charge is 2.44. The minimum absolute atomic E-state index is 0.00423. The van der Waals surface area contributed by atoms with Crippen LogP contribution in [-0.4, -0.2) is 44.7 Å². The molecule has 4 aromatic rings. The van der Waals surface area contributed by atoms with Crippen molar-refractivity contribution < 1.29 is 23.4 Å². The van der Waals surface area contributed by atoms with Crippen LogP contribution in [0.2, 0.25) is 0 Å². The Balaban J connectivity index is 1.60. The Morgan fingerprint density at radius 2 is 1.80 bits per heavy atom. The first kappa shape index (κ1) is 22.2. The molecule has 0 amide bonds. The van der Waals surface area contributed by atoms with Crippen molar-refractivity contribution >= 4 is 27.8 Å². The van der Waals surface area contributed by atoms with E-state index < -0.39 is 11.6 Å². The van der Waals surface area contributed by atoms with E-state index in [0.717, 1.165) is 51.6 Å². The second-order valence-electron chi connectivity index (χ2n) is 9.87. The third kappa shape index (κ3) is 3.71. The summed E-state index contributed by atoms with van der Waals surface area (Å²) in [5, 5.41) is 18.7. The van der Waals surface area contributed by atoms with E-state index in [2.05, 4.69) is 26.9 Å². The Morgan fingerprint density at radius 3 is 2.49 bits per heavy atom. The van der Waals surface area contributed by atoms with Gasteiger partial charge in [0.1, 0.15) is 5.82 Å². The number of carboxylic acids is 1. The number of hydrogen-bond acceptors (Lipinski definition) is 3. The second kappa shape index (κ2) is 8.45. The molecule has 0 spiro atoms. The van der Waals surface area contributed by atoms with Crippen molar-refractivity contribution in [3.8, 4) is 5.69 Å². The number of fused-ring (bicyclic) bond motifs is 2. The third-order valence-corrected chi connectivity index (χ3v) is 7.87. The SMILES string of the molecule is O=C(O)C1(F)CCC(c2c(C3CCOCC3)n(-c3ccc(F)cc3)c3cc4cn[nH]c4cc23)CC1. The molecule has 1 aliphatic carbocycles. The van der Waals surface area contributed by atoms with Gasteiger partial charge in [0.05, 0.1) is 17.2 Å². The van der Waals surface area contributed by atoms with E-state index in [1.165, 1.54) is 12.1 Å². The van der Waals surface area contributed by atoms with Crippen LogP contribution in [0.5, 0.6) is 0 Å². The molecule has 6 rings (SSSR count). The maximum Gasteiger partial charge on any atom is 0.341 e. The second-order valence-corrected chi connectivity index (χ2v) is 9.87. The van der Waals surface area contributed by atoms with Crippen LogP contribution in [0.15, 0.2) is 42.6 Å². The molecule has 3 heterocycles. The predicted octanol–water partition coefficient (Wildman–Crippen LogP) is 5.99. The number of carboxylic acid groups (broad SMARTS) is 1. The Kier molecular flexibility index (Phi) is 5.36. The molecule has 35 heavy (non-hydrogen) atoms. The van der Waals surface area contributed by atoms with Crippen LogP contribution >= 0.6 is 0 Å². The molecular formula is C27H27F2N3O3. The maximum atomic E-state index is 15.0. The molecule has 182 valence electrons. The molecule has 2 aromatic carbocycles. The van der Waals surface area contributed by atoms with E-state index in [-0.39, 0.29) is 30.5 Å². The number of aromatic nitrogens is 3. The summed E-state index contributed by atoms with van der Waals surface area (Å²) in [5.41, 5.74) is 2.92. The number of ether oxygens (including phenoxy) is 1. The fraction of sp³-hybridized carbons (Fsp3) is 0.407. The van der Waals surface area contributed by atoms with Crippen LogP contribution in [-0.2, 0) is 9.53 Å². The minimum Gasteiger partial charge on any atom is -0.479 e. The van der Waals surface area contributed by atoms with Crippen molar-refractivity contribution in [1.29, 1.82) is 0 Å². The third-order valence-electron chi connectivity index (χ3n) is 7.87. The first-order valence-corrected chi connectivity index (χ1v) is 12.2. The van der Waals surface area contributed by atoms with Gasteiger partial charge in [-0.1, -0.05) is 0 Å². The molecule has 1 aliphatic heterocycles. The number of alkyl halides is 1. The molecule has 0 unspecified atom stereocenters. The van der Waals surface area contributed by atoms with E-state index in [4.69, 9.17) is 4.74 Å². The molecule has 0 atom stereocenters. The Morgan fingerprint density at radius 1 is 1.09 bits per heavy atom. The van der Waals surface area contributed by atoms with E-state index in [1.54, 1.807) is 18.3 Å². The zero-order valence-corrected chi connectivity index (χ0v) is 19.3. The minimum atomic E-state index is -2.17.